The van der Waals surface area contributed by atoms with Gasteiger partial charge in [0.1, 0.15) is 5.54 Å². The molecule has 20 heavy (non-hydrogen) atoms. The highest BCUT2D eigenvalue weighted by Crippen LogP contribution is 2.58. The molecule has 2 heterocycles. The van der Waals surface area contributed by atoms with Crippen molar-refractivity contribution in [1.29, 1.82) is 0 Å². The highest BCUT2D eigenvalue weighted by atomic mass is 16.5. The number of aliphatic carboxylic acids is 1. The third-order valence-corrected chi connectivity index (χ3v) is 5.22. The van der Waals surface area contributed by atoms with Crippen LogP contribution in [0.1, 0.15) is 32.1 Å². The number of hydrogen-bond acceptors (Lipinski definition) is 4. The number of rotatable bonds is 3. The molecule has 3 fully saturated rings. The zero-order valence-electron chi connectivity index (χ0n) is 11.6. The van der Waals surface area contributed by atoms with Crippen LogP contribution in [0.15, 0.2) is 0 Å². The Hall–Kier alpha value is -1.14. The van der Waals surface area contributed by atoms with Crippen LogP contribution in [-0.2, 0) is 14.3 Å². The number of carbonyl (C=O) groups excluding carboxylic acids is 1. The largest absolute Gasteiger partial charge is 0.480 e. The number of ether oxygens (including phenoxy) is 1. The van der Waals surface area contributed by atoms with E-state index in [1.54, 1.807) is 0 Å². The van der Waals surface area contributed by atoms with E-state index >= 15 is 0 Å². The van der Waals surface area contributed by atoms with Crippen LogP contribution in [0.4, 0.5) is 0 Å². The summed E-state index contributed by atoms with van der Waals surface area (Å²) in [6.07, 6.45) is 3.67. The van der Waals surface area contributed by atoms with Crippen molar-refractivity contribution in [3.8, 4) is 0 Å². The fourth-order valence-corrected chi connectivity index (χ4v) is 3.63. The molecule has 1 amide bonds. The molecule has 0 bridgehead atoms. The van der Waals surface area contributed by atoms with E-state index in [-0.39, 0.29) is 17.2 Å². The summed E-state index contributed by atoms with van der Waals surface area (Å²) in [5, 5.41) is 15.6. The topological polar surface area (TPSA) is 87.7 Å². The van der Waals surface area contributed by atoms with Gasteiger partial charge < -0.3 is 20.5 Å². The Balaban J connectivity index is 1.64. The molecule has 2 aliphatic heterocycles. The molecule has 0 radical (unpaired) electrons. The molecule has 6 nitrogen and oxygen atoms in total. The van der Waals surface area contributed by atoms with Crippen LogP contribution in [-0.4, -0.2) is 48.8 Å². The molecule has 2 saturated heterocycles. The summed E-state index contributed by atoms with van der Waals surface area (Å²) in [5.41, 5.74) is -0.980. The quantitative estimate of drug-likeness (QED) is 0.684. The molecule has 0 aromatic heterocycles. The molecule has 3 aliphatic rings. The first-order valence-electron chi connectivity index (χ1n) is 7.42. The molecular weight excluding hydrogens is 260 g/mol. The first-order valence-corrected chi connectivity index (χ1v) is 7.42. The lowest BCUT2D eigenvalue weighted by molar-refractivity contribution is -0.152. The molecule has 3 N–H and O–H groups in total. The number of hydrogen-bond donors (Lipinski definition) is 3. The molecule has 6 heteroatoms. The number of carbonyl (C=O) groups is 2. The predicted molar refractivity (Wildman–Crippen MR) is 71.2 cm³/mol. The minimum atomic E-state index is -1.12. The Kier molecular flexibility index (Phi) is 3.46. The van der Waals surface area contributed by atoms with Gasteiger partial charge >= 0.3 is 5.97 Å². The number of amides is 1. The first-order chi connectivity index (χ1) is 9.58. The number of piperidine rings is 1. The highest BCUT2D eigenvalue weighted by Gasteiger charge is 2.59. The van der Waals surface area contributed by atoms with E-state index in [1.165, 1.54) is 0 Å². The van der Waals surface area contributed by atoms with Gasteiger partial charge in [0.25, 0.3) is 0 Å². The molecule has 1 saturated carbocycles. The van der Waals surface area contributed by atoms with Crippen molar-refractivity contribution in [3.05, 3.63) is 0 Å². The molecule has 3 rings (SSSR count). The Morgan fingerprint density at radius 1 is 1.15 bits per heavy atom. The van der Waals surface area contributed by atoms with E-state index in [9.17, 15) is 14.7 Å². The van der Waals surface area contributed by atoms with Crippen LogP contribution < -0.4 is 10.6 Å². The van der Waals surface area contributed by atoms with Crippen molar-refractivity contribution in [2.45, 2.75) is 37.6 Å². The highest BCUT2D eigenvalue weighted by molar-refractivity contribution is 5.90. The fraction of sp³-hybridized carbons (Fsp3) is 0.857. The van der Waals surface area contributed by atoms with E-state index < -0.39 is 11.5 Å². The number of nitrogens with one attached hydrogen (secondary N) is 2. The van der Waals surface area contributed by atoms with E-state index in [1.807, 2.05) is 0 Å². The van der Waals surface area contributed by atoms with E-state index in [4.69, 9.17) is 4.74 Å². The Bertz CT molecular complexity index is 411. The van der Waals surface area contributed by atoms with Gasteiger partial charge in [-0.05, 0) is 37.8 Å². The molecular formula is C14H22N2O4. The van der Waals surface area contributed by atoms with Gasteiger partial charge in [-0.25, -0.2) is 4.79 Å². The van der Waals surface area contributed by atoms with Crippen molar-refractivity contribution in [3.63, 3.8) is 0 Å². The molecule has 112 valence electrons. The fourth-order valence-electron chi connectivity index (χ4n) is 3.63. The average molecular weight is 282 g/mol. The van der Waals surface area contributed by atoms with E-state index in [0.717, 1.165) is 32.4 Å². The Morgan fingerprint density at radius 3 is 2.40 bits per heavy atom. The predicted octanol–water partition coefficient (Wildman–Crippen LogP) is 0.126. The second-order valence-electron chi connectivity index (χ2n) is 6.36. The van der Waals surface area contributed by atoms with E-state index in [2.05, 4.69) is 10.6 Å². The number of carboxylic acid groups (broad SMARTS) is 1. The normalized spacial score (nSPS) is 30.7. The summed E-state index contributed by atoms with van der Waals surface area (Å²) in [7, 11) is 0. The maximum absolute atomic E-state index is 12.4. The third-order valence-electron chi connectivity index (χ3n) is 5.22. The first kappa shape index (κ1) is 13.8. The summed E-state index contributed by atoms with van der Waals surface area (Å²) in [6.45, 7) is 2.71. The molecule has 0 aromatic carbocycles. The van der Waals surface area contributed by atoms with Gasteiger partial charge in [0, 0.05) is 32.0 Å². The monoisotopic (exact) mass is 282 g/mol. The standard InChI is InChI=1S/C14H22N2O4/c17-11(10-9-13(10)1-5-15-6-2-13)16-14(12(18)19)3-7-20-8-4-14/h10,15H,1-9H2,(H,16,17)(H,18,19). The lowest BCUT2D eigenvalue weighted by Gasteiger charge is -2.34. The van der Waals surface area contributed by atoms with Gasteiger partial charge in [-0.1, -0.05) is 0 Å². The van der Waals surface area contributed by atoms with Gasteiger partial charge in [-0.15, -0.1) is 0 Å². The SMILES string of the molecule is O=C(NC1(C(=O)O)CCOCC1)C1CC12CCNCC2. The van der Waals surface area contributed by atoms with Crippen LogP contribution in [0.2, 0.25) is 0 Å². The van der Waals surface area contributed by atoms with E-state index in [0.29, 0.717) is 26.1 Å². The van der Waals surface area contributed by atoms with Gasteiger partial charge in [-0.2, -0.15) is 0 Å². The lowest BCUT2D eigenvalue weighted by Crippen LogP contribution is -2.58. The van der Waals surface area contributed by atoms with Crippen molar-refractivity contribution in [2.24, 2.45) is 11.3 Å². The van der Waals surface area contributed by atoms with Crippen molar-refractivity contribution >= 4 is 11.9 Å². The van der Waals surface area contributed by atoms with Gasteiger partial charge in [-0.3, -0.25) is 4.79 Å². The van der Waals surface area contributed by atoms with Crippen molar-refractivity contribution in [2.75, 3.05) is 26.3 Å². The van der Waals surface area contributed by atoms with Crippen molar-refractivity contribution in [1.82, 2.24) is 10.6 Å². The number of carboxylic acids is 1. The second-order valence-corrected chi connectivity index (χ2v) is 6.36. The van der Waals surface area contributed by atoms with Gasteiger partial charge in [0.15, 0.2) is 0 Å². The smallest absolute Gasteiger partial charge is 0.329 e. The zero-order valence-corrected chi connectivity index (χ0v) is 11.6. The molecule has 1 atom stereocenters. The van der Waals surface area contributed by atoms with Gasteiger partial charge in [0.05, 0.1) is 0 Å². The summed E-state index contributed by atoms with van der Waals surface area (Å²) < 4.78 is 5.22. The van der Waals surface area contributed by atoms with Crippen LogP contribution in [0.25, 0.3) is 0 Å². The average Bonchev–Trinajstić information content (AvgIpc) is 3.14. The van der Waals surface area contributed by atoms with Gasteiger partial charge in [0.2, 0.25) is 5.91 Å². The van der Waals surface area contributed by atoms with Crippen LogP contribution in [0.3, 0.4) is 0 Å². The maximum Gasteiger partial charge on any atom is 0.329 e. The summed E-state index contributed by atoms with van der Waals surface area (Å²) in [4.78, 5) is 24.0. The van der Waals surface area contributed by atoms with Crippen LogP contribution >= 0.6 is 0 Å². The van der Waals surface area contributed by atoms with Crippen LogP contribution in [0.5, 0.6) is 0 Å². The minimum Gasteiger partial charge on any atom is -0.480 e. The van der Waals surface area contributed by atoms with Crippen LogP contribution in [0, 0.1) is 11.3 Å². The third kappa shape index (κ3) is 2.31. The second kappa shape index (κ2) is 5.00. The molecule has 1 aliphatic carbocycles. The summed E-state index contributed by atoms with van der Waals surface area (Å²) in [6, 6.07) is 0. The molecule has 1 spiro atoms. The zero-order chi connectivity index (χ0) is 14.2. The lowest BCUT2D eigenvalue weighted by atomic mass is 9.88. The summed E-state index contributed by atoms with van der Waals surface area (Å²) >= 11 is 0. The maximum atomic E-state index is 12.4. The molecule has 0 aromatic rings. The Morgan fingerprint density at radius 2 is 1.80 bits per heavy atom. The minimum absolute atomic E-state index is 0.00340. The van der Waals surface area contributed by atoms with Crippen molar-refractivity contribution < 1.29 is 19.4 Å². The summed E-state index contributed by atoms with van der Waals surface area (Å²) in [5.74, 6) is -1.01. The Labute approximate surface area is 118 Å². The molecule has 1 unspecified atom stereocenters.